The number of nitrogens with zero attached hydrogens (tertiary/aromatic N) is 1. The maximum Gasteiger partial charge on any atom is 0.303 e. The van der Waals surface area contributed by atoms with E-state index in [2.05, 4.69) is 5.32 Å². The number of hydrogen-bond acceptors (Lipinski definition) is 3. The van der Waals surface area contributed by atoms with Crippen molar-refractivity contribution < 1.29 is 14.7 Å². The number of carbonyl (C=O) groups is 2. The van der Waals surface area contributed by atoms with Crippen molar-refractivity contribution in [2.75, 3.05) is 21.1 Å². The van der Waals surface area contributed by atoms with Crippen LogP contribution in [0.15, 0.2) is 0 Å². The molecule has 0 aromatic rings. The third-order valence-electron chi connectivity index (χ3n) is 1.80. The van der Waals surface area contributed by atoms with E-state index in [-0.39, 0.29) is 18.4 Å². The van der Waals surface area contributed by atoms with Crippen LogP contribution in [-0.2, 0) is 9.59 Å². The molecule has 5 nitrogen and oxygen atoms in total. The Morgan fingerprint density at radius 1 is 1.18 bits per heavy atom. The first-order valence-electron chi connectivity index (χ1n) is 6.08. The number of hydrogen-bond donors (Lipinski definition) is 2. The highest BCUT2D eigenvalue weighted by atomic mass is 16.4. The second kappa shape index (κ2) is 14.9. The van der Waals surface area contributed by atoms with E-state index in [4.69, 9.17) is 5.11 Å². The highest BCUT2D eigenvalue weighted by Crippen LogP contribution is 2.03. The number of aliphatic carboxylic acids is 1. The number of nitrogens with one attached hydrogen (secondary N) is 1. The zero-order valence-electron chi connectivity index (χ0n) is 12.2. The molecule has 0 spiro atoms. The van der Waals surface area contributed by atoms with Crippen molar-refractivity contribution in [1.29, 1.82) is 0 Å². The van der Waals surface area contributed by atoms with Crippen LogP contribution < -0.4 is 5.32 Å². The minimum Gasteiger partial charge on any atom is -0.481 e. The minimum absolute atomic E-state index is 0.0102. The molecule has 0 aliphatic rings. The van der Waals surface area contributed by atoms with E-state index < -0.39 is 5.97 Å². The first-order valence-corrected chi connectivity index (χ1v) is 6.08. The zero-order chi connectivity index (χ0) is 14.4. The maximum atomic E-state index is 11.2. The fourth-order valence-corrected chi connectivity index (χ4v) is 1.05. The van der Waals surface area contributed by atoms with E-state index in [0.717, 1.165) is 0 Å². The molecule has 0 aliphatic carbocycles. The largest absolute Gasteiger partial charge is 0.481 e. The van der Waals surface area contributed by atoms with Gasteiger partial charge in [0, 0.05) is 13.5 Å². The van der Waals surface area contributed by atoms with Gasteiger partial charge in [-0.1, -0.05) is 27.7 Å². The Bertz CT molecular complexity index is 194. The molecule has 0 fully saturated rings. The van der Waals surface area contributed by atoms with E-state index in [0.29, 0.717) is 6.42 Å². The normalized spacial score (nSPS) is 10.4. The lowest BCUT2D eigenvalue weighted by Gasteiger charge is -2.21. The fraction of sp³-hybridized carbons (Fsp3) is 0.833. The van der Waals surface area contributed by atoms with Crippen LogP contribution in [0.1, 0.15) is 40.5 Å². The highest BCUT2D eigenvalue weighted by molar-refractivity contribution is 5.82. The first kappa shape index (κ1) is 21.2. The molecule has 1 atom stereocenters. The van der Waals surface area contributed by atoms with Gasteiger partial charge in [0.15, 0.2) is 0 Å². The van der Waals surface area contributed by atoms with Crippen LogP contribution in [0.3, 0.4) is 0 Å². The summed E-state index contributed by atoms with van der Waals surface area (Å²) in [5, 5.41) is 10.9. The van der Waals surface area contributed by atoms with E-state index in [9.17, 15) is 9.59 Å². The second-order valence-corrected chi connectivity index (χ2v) is 3.03. The summed E-state index contributed by atoms with van der Waals surface area (Å²) in [5.74, 6) is -1.03. The van der Waals surface area contributed by atoms with Gasteiger partial charge in [-0.25, -0.2) is 0 Å². The van der Waals surface area contributed by atoms with Gasteiger partial charge in [0.1, 0.15) is 0 Å². The standard InChI is InChI=1S/C8H16N2O3.2C2H6/c1-9-8(13)6(10(2)3)4-5-7(11)12;2*1-2/h6H,4-5H2,1-3H3,(H,9,13)(H,11,12);2*1-2H3. The Morgan fingerprint density at radius 3 is 1.82 bits per heavy atom. The van der Waals surface area contributed by atoms with E-state index >= 15 is 0 Å². The van der Waals surface area contributed by atoms with Crippen molar-refractivity contribution in [2.45, 2.75) is 46.6 Å². The van der Waals surface area contributed by atoms with Gasteiger partial charge in [0.25, 0.3) is 0 Å². The summed E-state index contributed by atoms with van der Waals surface area (Å²) < 4.78 is 0. The topological polar surface area (TPSA) is 69.6 Å². The third-order valence-corrected chi connectivity index (χ3v) is 1.80. The quantitative estimate of drug-likeness (QED) is 0.775. The Morgan fingerprint density at radius 2 is 1.59 bits per heavy atom. The Labute approximate surface area is 105 Å². The van der Waals surface area contributed by atoms with Crippen LogP contribution in [0.25, 0.3) is 0 Å². The van der Waals surface area contributed by atoms with Crippen LogP contribution in [0.2, 0.25) is 0 Å². The summed E-state index contributed by atoms with van der Waals surface area (Å²) in [6.45, 7) is 8.00. The predicted octanol–water partition coefficient (Wildman–Crippen LogP) is 1.58. The number of carboxylic acids is 1. The Kier molecular flexibility index (Phi) is 18.6. The fourth-order valence-electron chi connectivity index (χ4n) is 1.05. The zero-order valence-corrected chi connectivity index (χ0v) is 12.2. The van der Waals surface area contributed by atoms with Crippen molar-refractivity contribution in [2.24, 2.45) is 0 Å². The van der Waals surface area contributed by atoms with Gasteiger partial charge in [-0.05, 0) is 20.5 Å². The number of carboxylic acid groups (broad SMARTS) is 1. The molecule has 5 heteroatoms. The van der Waals surface area contributed by atoms with E-state index in [1.165, 1.54) is 0 Å². The number of likely N-dealkylation sites (N-methyl/N-ethyl adjacent to an activating group) is 2. The lowest BCUT2D eigenvalue weighted by atomic mass is 10.1. The molecule has 0 bridgehead atoms. The molecule has 0 saturated carbocycles. The predicted molar refractivity (Wildman–Crippen MR) is 71.1 cm³/mol. The van der Waals surface area contributed by atoms with E-state index in [1.807, 2.05) is 27.7 Å². The maximum absolute atomic E-state index is 11.2. The molecule has 0 radical (unpaired) electrons. The summed E-state index contributed by atoms with van der Waals surface area (Å²) in [6.07, 6.45) is 0.346. The summed E-state index contributed by atoms with van der Waals surface area (Å²) in [7, 11) is 5.04. The van der Waals surface area contributed by atoms with Crippen LogP contribution in [0, 0.1) is 0 Å². The van der Waals surface area contributed by atoms with Gasteiger partial charge in [0.2, 0.25) is 5.91 Å². The molecule has 0 aromatic carbocycles. The second-order valence-electron chi connectivity index (χ2n) is 3.03. The van der Waals surface area contributed by atoms with Crippen molar-refractivity contribution >= 4 is 11.9 Å². The van der Waals surface area contributed by atoms with Gasteiger partial charge in [-0.15, -0.1) is 0 Å². The van der Waals surface area contributed by atoms with Gasteiger partial charge in [0.05, 0.1) is 6.04 Å². The molecule has 17 heavy (non-hydrogen) atoms. The van der Waals surface area contributed by atoms with Crippen molar-refractivity contribution in [3.8, 4) is 0 Å². The van der Waals surface area contributed by atoms with Crippen LogP contribution in [0.5, 0.6) is 0 Å². The van der Waals surface area contributed by atoms with Gasteiger partial charge in [-0.3, -0.25) is 14.5 Å². The van der Waals surface area contributed by atoms with Gasteiger partial charge < -0.3 is 10.4 Å². The smallest absolute Gasteiger partial charge is 0.303 e. The minimum atomic E-state index is -0.879. The third kappa shape index (κ3) is 12.8. The lowest BCUT2D eigenvalue weighted by Crippen LogP contribution is -2.42. The van der Waals surface area contributed by atoms with Crippen LogP contribution in [-0.4, -0.2) is 49.1 Å². The summed E-state index contributed by atoms with van der Waals surface area (Å²) in [4.78, 5) is 23.2. The van der Waals surface area contributed by atoms with Crippen molar-refractivity contribution in [1.82, 2.24) is 10.2 Å². The molecule has 0 rings (SSSR count). The van der Waals surface area contributed by atoms with Gasteiger partial charge in [-0.2, -0.15) is 0 Å². The van der Waals surface area contributed by atoms with Crippen molar-refractivity contribution in [3.05, 3.63) is 0 Å². The number of rotatable bonds is 5. The average Bonchev–Trinajstić information content (AvgIpc) is 2.33. The molecular weight excluding hydrogens is 220 g/mol. The molecule has 0 aromatic heterocycles. The molecule has 2 N–H and O–H groups in total. The van der Waals surface area contributed by atoms with Gasteiger partial charge >= 0.3 is 5.97 Å². The summed E-state index contributed by atoms with van der Waals surface area (Å²) in [6, 6.07) is -0.360. The van der Waals surface area contributed by atoms with Crippen LogP contribution >= 0.6 is 0 Å². The summed E-state index contributed by atoms with van der Waals surface area (Å²) in [5.41, 5.74) is 0. The molecule has 1 amide bonds. The Balaban J connectivity index is -0.000000439. The molecular formula is C12H28N2O3. The first-order chi connectivity index (χ1) is 7.99. The molecule has 0 saturated heterocycles. The molecule has 0 heterocycles. The average molecular weight is 248 g/mol. The monoisotopic (exact) mass is 248 g/mol. The Hall–Kier alpha value is -1.10. The molecule has 1 unspecified atom stereocenters. The molecule has 104 valence electrons. The van der Waals surface area contributed by atoms with Crippen LogP contribution in [0.4, 0.5) is 0 Å². The molecule has 0 aliphatic heterocycles. The SMILES string of the molecule is CC.CC.CNC(=O)C(CCC(=O)O)N(C)C. The van der Waals surface area contributed by atoms with E-state index in [1.54, 1.807) is 26.0 Å². The highest BCUT2D eigenvalue weighted by Gasteiger charge is 2.19. The van der Waals surface area contributed by atoms with Crippen molar-refractivity contribution in [3.63, 3.8) is 0 Å². The number of carbonyl (C=O) groups excluding carboxylic acids is 1. The summed E-state index contributed by atoms with van der Waals surface area (Å²) >= 11 is 0. The lowest BCUT2D eigenvalue weighted by molar-refractivity contribution is -0.137. The number of amides is 1.